The van der Waals surface area contributed by atoms with Crippen LogP contribution in [-0.2, 0) is 18.9 Å². The highest BCUT2D eigenvalue weighted by Gasteiger charge is 2.32. The Morgan fingerprint density at radius 2 is 1.93 bits per heavy atom. The Bertz CT molecular complexity index is 429. The number of guanidine groups is 1. The first-order valence-electron chi connectivity index (χ1n) is 10.2. The number of aliphatic imine (C=N–C) groups is 1. The van der Waals surface area contributed by atoms with Crippen molar-refractivity contribution < 1.29 is 18.9 Å². The highest BCUT2D eigenvalue weighted by molar-refractivity contribution is 14.0. The fourth-order valence-corrected chi connectivity index (χ4v) is 3.86. The standard InChI is InChI=1S/C19H35N3O4.HI/c1-20-19(21-7-3-9-24-15-16-5-11-23-12-6-16)22-8-13-26-18(14-22)17-4-2-10-25-17;/h16-18H,2-15H2,1H3,(H,20,21);1H. The second-order valence-corrected chi connectivity index (χ2v) is 7.36. The average Bonchev–Trinajstić information content (AvgIpc) is 3.23. The van der Waals surface area contributed by atoms with Crippen LogP contribution in [0, 0.1) is 5.92 Å². The molecule has 3 aliphatic heterocycles. The lowest BCUT2D eigenvalue weighted by molar-refractivity contribution is -0.0817. The van der Waals surface area contributed by atoms with Gasteiger partial charge in [0, 0.05) is 59.7 Å². The van der Waals surface area contributed by atoms with Crippen molar-refractivity contribution in [3.63, 3.8) is 0 Å². The van der Waals surface area contributed by atoms with Gasteiger partial charge in [0.05, 0.1) is 12.7 Å². The third-order valence-electron chi connectivity index (χ3n) is 5.43. The van der Waals surface area contributed by atoms with E-state index < -0.39 is 0 Å². The topological polar surface area (TPSA) is 64.6 Å². The molecule has 0 amide bonds. The van der Waals surface area contributed by atoms with E-state index in [0.29, 0.717) is 5.92 Å². The van der Waals surface area contributed by atoms with E-state index in [0.717, 1.165) is 97.3 Å². The summed E-state index contributed by atoms with van der Waals surface area (Å²) < 4.78 is 22.9. The summed E-state index contributed by atoms with van der Waals surface area (Å²) in [4.78, 5) is 6.73. The van der Waals surface area contributed by atoms with E-state index >= 15 is 0 Å². The molecule has 158 valence electrons. The normalized spacial score (nSPS) is 27.4. The van der Waals surface area contributed by atoms with Gasteiger partial charge in [-0.15, -0.1) is 24.0 Å². The highest BCUT2D eigenvalue weighted by Crippen LogP contribution is 2.21. The molecule has 0 aliphatic carbocycles. The quantitative estimate of drug-likeness (QED) is 0.251. The van der Waals surface area contributed by atoms with Crippen LogP contribution in [-0.4, -0.2) is 89.4 Å². The van der Waals surface area contributed by atoms with Crippen LogP contribution >= 0.6 is 24.0 Å². The molecular formula is C19H36IN3O4. The number of halogens is 1. The zero-order valence-corrected chi connectivity index (χ0v) is 18.9. The molecule has 3 rings (SSSR count). The summed E-state index contributed by atoms with van der Waals surface area (Å²) in [7, 11) is 1.85. The number of rotatable bonds is 7. The van der Waals surface area contributed by atoms with Gasteiger partial charge in [0.15, 0.2) is 5.96 Å². The predicted molar refractivity (Wildman–Crippen MR) is 116 cm³/mol. The Morgan fingerprint density at radius 3 is 2.67 bits per heavy atom. The van der Waals surface area contributed by atoms with Crippen LogP contribution in [0.25, 0.3) is 0 Å². The van der Waals surface area contributed by atoms with E-state index in [-0.39, 0.29) is 36.2 Å². The first kappa shape index (κ1) is 23.1. The molecule has 0 saturated carbocycles. The minimum atomic E-state index is 0. The zero-order chi connectivity index (χ0) is 18.0. The van der Waals surface area contributed by atoms with Crippen molar-refractivity contribution in [2.24, 2.45) is 10.9 Å². The molecular weight excluding hydrogens is 461 g/mol. The second kappa shape index (κ2) is 13.1. The molecule has 27 heavy (non-hydrogen) atoms. The minimum Gasteiger partial charge on any atom is -0.381 e. The number of hydrogen-bond acceptors (Lipinski definition) is 5. The molecule has 2 unspecified atom stereocenters. The van der Waals surface area contributed by atoms with Crippen molar-refractivity contribution in [3.05, 3.63) is 0 Å². The molecule has 0 radical (unpaired) electrons. The van der Waals surface area contributed by atoms with Crippen LogP contribution in [0.1, 0.15) is 32.1 Å². The van der Waals surface area contributed by atoms with Crippen molar-refractivity contribution in [3.8, 4) is 0 Å². The van der Waals surface area contributed by atoms with Crippen LogP contribution in [0.3, 0.4) is 0 Å². The minimum absolute atomic E-state index is 0. The summed E-state index contributed by atoms with van der Waals surface area (Å²) in [5.41, 5.74) is 0. The van der Waals surface area contributed by atoms with Gasteiger partial charge in [-0.2, -0.15) is 0 Å². The summed E-state index contributed by atoms with van der Waals surface area (Å²) in [6, 6.07) is 0. The van der Waals surface area contributed by atoms with Crippen molar-refractivity contribution in [1.29, 1.82) is 0 Å². The lowest BCUT2D eigenvalue weighted by Gasteiger charge is -2.37. The smallest absolute Gasteiger partial charge is 0.193 e. The van der Waals surface area contributed by atoms with Gasteiger partial charge < -0.3 is 29.2 Å². The van der Waals surface area contributed by atoms with Gasteiger partial charge in [-0.3, -0.25) is 4.99 Å². The van der Waals surface area contributed by atoms with Crippen LogP contribution < -0.4 is 5.32 Å². The Hall–Kier alpha value is -0.160. The van der Waals surface area contributed by atoms with E-state index in [1.54, 1.807) is 0 Å². The molecule has 7 nitrogen and oxygen atoms in total. The van der Waals surface area contributed by atoms with E-state index in [4.69, 9.17) is 18.9 Å². The first-order valence-corrected chi connectivity index (χ1v) is 10.2. The number of nitrogens with zero attached hydrogens (tertiary/aromatic N) is 2. The molecule has 8 heteroatoms. The van der Waals surface area contributed by atoms with E-state index in [9.17, 15) is 0 Å². The van der Waals surface area contributed by atoms with Gasteiger partial charge in [-0.1, -0.05) is 0 Å². The molecule has 1 N–H and O–H groups in total. The molecule has 3 saturated heterocycles. The molecule has 2 atom stereocenters. The highest BCUT2D eigenvalue weighted by atomic mass is 127. The van der Waals surface area contributed by atoms with Crippen molar-refractivity contribution >= 4 is 29.9 Å². The van der Waals surface area contributed by atoms with Crippen LogP contribution in [0.5, 0.6) is 0 Å². The first-order chi connectivity index (χ1) is 12.9. The van der Waals surface area contributed by atoms with Gasteiger partial charge >= 0.3 is 0 Å². The monoisotopic (exact) mass is 497 g/mol. The maximum atomic E-state index is 5.92. The predicted octanol–water partition coefficient (Wildman–Crippen LogP) is 1.89. The third kappa shape index (κ3) is 7.64. The average molecular weight is 497 g/mol. The SMILES string of the molecule is CN=C(NCCCOCC1CCOCC1)N1CCOC(C2CCCO2)C1.I. The summed E-state index contributed by atoms with van der Waals surface area (Å²) in [5, 5.41) is 3.47. The summed E-state index contributed by atoms with van der Waals surface area (Å²) in [6.45, 7) is 7.64. The lowest BCUT2D eigenvalue weighted by atomic mass is 10.0. The molecule has 0 bridgehead atoms. The molecule has 3 heterocycles. The molecule has 0 aromatic carbocycles. The maximum Gasteiger partial charge on any atom is 0.193 e. The molecule has 0 aromatic heterocycles. The molecule has 3 fully saturated rings. The van der Waals surface area contributed by atoms with E-state index in [2.05, 4.69) is 15.2 Å². The van der Waals surface area contributed by atoms with Crippen molar-refractivity contribution in [1.82, 2.24) is 10.2 Å². The summed E-state index contributed by atoms with van der Waals surface area (Å²) in [6.07, 6.45) is 5.91. The number of nitrogens with one attached hydrogen (secondary N) is 1. The van der Waals surface area contributed by atoms with Gasteiger partial charge in [0.25, 0.3) is 0 Å². The van der Waals surface area contributed by atoms with Gasteiger partial charge in [0.2, 0.25) is 0 Å². The molecule has 0 aromatic rings. The summed E-state index contributed by atoms with van der Waals surface area (Å²) in [5.74, 6) is 1.63. The summed E-state index contributed by atoms with van der Waals surface area (Å²) >= 11 is 0. The number of morpholine rings is 1. The largest absolute Gasteiger partial charge is 0.381 e. The van der Waals surface area contributed by atoms with Gasteiger partial charge in [-0.25, -0.2) is 0 Å². The van der Waals surface area contributed by atoms with Crippen LogP contribution in [0.15, 0.2) is 4.99 Å². The number of ether oxygens (including phenoxy) is 4. The zero-order valence-electron chi connectivity index (χ0n) is 16.6. The number of hydrogen-bond donors (Lipinski definition) is 1. The molecule has 3 aliphatic rings. The fraction of sp³-hybridized carbons (Fsp3) is 0.947. The van der Waals surface area contributed by atoms with E-state index in [1.807, 2.05) is 7.05 Å². The third-order valence-corrected chi connectivity index (χ3v) is 5.43. The maximum absolute atomic E-state index is 5.92. The van der Waals surface area contributed by atoms with E-state index in [1.165, 1.54) is 0 Å². The van der Waals surface area contributed by atoms with Crippen LogP contribution in [0.2, 0.25) is 0 Å². The van der Waals surface area contributed by atoms with Gasteiger partial charge in [0.1, 0.15) is 6.10 Å². The Labute approximate surface area is 180 Å². The Morgan fingerprint density at radius 1 is 1.11 bits per heavy atom. The Kier molecular flexibility index (Phi) is 11.2. The van der Waals surface area contributed by atoms with Gasteiger partial charge in [-0.05, 0) is 38.0 Å². The fourth-order valence-electron chi connectivity index (χ4n) is 3.86. The van der Waals surface area contributed by atoms with Crippen LogP contribution in [0.4, 0.5) is 0 Å². The molecule has 0 spiro atoms. The van der Waals surface area contributed by atoms with Crippen molar-refractivity contribution in [2.75, 3.05) is 66.3 Å². The second-order valence-electron chi connectivity index (χ2n) is 7.36. The lowest BCUT2D eigenvalue weighted by Crippen LogP contribution is -2.53. The van der Waals surface area contributed by atoms with Crippen molar-refractivity contribution in [2.45, 2.75) is 44.3 Å². The Balaban J connectivity index is 0.00000261.